The van der Waals surface area contributed by atoms with Crippen LogP contribution in [0.4, 0.5) is 5.69 Å². The maximum Gasteiger partial charge on any atom is 0.253 e. The number of sulfonamides is 1. The van der Waals surface area contributed by atoms with Crippen LogP contribution in [-0.4, -0.2) is 46.6 Å². The number of aromatic nitrogens is 2. The van der Waals surface area contributed by atoms with Gasteiger partial charge < -0.3 is 10.4 Å². The van der Waals surface area contributed by atoms with Crippen LogP contribution in [0.3, 0.4) is 0 Å². The van der Waals surface area contributed by atoms with Gasteiger partial charge in [0.1, 0.15) is 5.75 Å². The summed E-state index contributed by atoms with van der Waals surface area (Å²) in [6.45, 7) is 0.945. The largest absolute Gasteiger partial charge is 0.506 e. The van der Waals surface area contributed by atoms with Gasteiger partial charge in [0.2, 0.25) is 10.0 Å². The summed E-state index contributed by atoms with van der Waals surface area (Å²) in [5.41, 5.74) is 0.743. The number of carbonyl (C=O) groups is 1. The van der Waals surface area contributed by atoms with Crippen LogP contribution < -0.4 is 5.32 Å². The Bertz CT molecular complexity index is 1130. The van der Waals surface area contributed by atoms with E-state index < -0.39 is 22.0 Å². The highest BCUT2D eigenvalue weighted by molar-refractivity contribution is 7.89. The van der Waals surface area contributed by atoms with E-state index in [1.807, 2.05) is 18.2 Å². The molecule has 1 fully saturated rings. The minimum absolute atomic E-state index is 0.0350. The van der Waals surface area contributed by atoms with Gasteiger partial charge in [-0.3, -0.25) is 9.48 Å². The molecule has 1 aliphatic heterocycles. The Balaban J connectivity index is 1.65. The Morgan fingerprint density at radius 2 is 1.80 bits per heavy atom. The van der Waals surface area contributed by atoms with E-state index in [-0.39, 0.29) is 16.3 Å². The minimum atomic E-state index is -3.68. The molecule has 2 N–H and O–H groups in total. The highest BCUT2D eigenvalue weighted by atomic mass is 32.2. The molecule has 1 aromatic heterocycles. The second kappa shape index (κ2) is 8.29. The first kappa shape index (κ1) is 20.1. The minimum Gasteiger partial charge on any atom is -0.506 e. The van der Waals surface area contributed by atoms with E-state index in [1.165, 1.54) is 27.2 Å². The van der Waals surface area contributed by atoms with Gasteiger partial charge in [-0.2, -0.15) is 9.40 Å². The topological polar surface area (TPSA) is 105 Å². The zero-order valence-electron chi connectivity index (χ0n) is 16.2. The molecule has 2 aromatic carbocycles. The lowest BCUT2D eigenvalue weighted by atomic mass is 10.1. The molecule has 1 aliphatic rings. The molecule has 0 saturated carbocycles. The smallest absolute Gasteiger partial charge is 0.253 e. The summed E-state index contributed by atoms with van der Waals surface area (Å²) < 4.78 is 28.6. The third kappa shape index (κ3) is 3.94. The summed E-state index contributed by atoms with van der Waals surface area (Å²) in [5.74, 6) is -0.660. The van der Waals surface area contributed by atoms with E-state index >= 15 is 0 Å². The number of hydrogen-bond donors (Lipinski definition) is 2. The number of nitrogens with zero attached hydrogens (tertiary/aromatic N) is 3. The molecule has 0 spiro atoms. The second-order valence-electron chi connectivity index (χ2n) is 7.08. The Labute approximate surface area is 174 Å². The zero-order valence-corrected chi connectivity index (χ0v) is 17.0. The van der Waals surface area contributed by atoms with Crippen LogP contribution in [0.2, 0.25) is 0 Å². The van der Waals surface area contributed by atoms with Gasteiger partial charge in [0.15, 0.2) is 6.04 Å². The Morgan fingerprint density at radius 1 is 1.07 bits per heavy atom. The molecule has 1 saturated heterocycles. The number of benzene rings is 2. The van der Waals surface area contributed by atoms with Gasteiger partial charge in [-0.1, -0.05) is 30.3 Å². The van der Waals surface area contributed by atoms with Crippen molar-refractivity contribution in [3.8, 4) is 5.75 Å². The van der Waals surface area contributed by atoms with E-state index in [4.69, 9.17) is 0 Å². The molecule has 0 aliphatic carbocycles. The molecule has 4 rings (SSSR count). The van der Waals surface area contributed by atoms with Crippen LogP contribution in [-0.2, 0) is 14.8 Å². The number of phenolic OH excluding ortho intramolecular Hbond substituents is 1. The van der Waals surface area contributed by atoms with Gasteiger partial charge in [-0.15, -0.1) is 0 Å². The number of aromatic hydroxyl groups is 1. The monoisotopic (exact) mass is 426 g/mol. The Kier molecular flexibility index (Phi) is 5.56. The first-order valence-electron chi connectivity index (χ1n) is 9.65. The molecule has 3 aromatic rings. The van der Waals surface area contributed by atoms with Gasteiger partial charge in [0.25, 0.3) is 5.91 Å². The number of nitrogens with one attached hydrogen (secondary N) is 1. The van der Waals surface area contributed by atoms with Crippen molar-refractivity contribution in [2.75, 3.05) is 18.4 Å². The van der Waals surface area contributed by atoms with Gasteiger partial charge in [-0.25, -0.2) is 8.42 Å². The van der Waals surface area contributed by atoms with Crippen molar-refractivity contribution in [3.05, 3.63) is 72.6 Å². The number of rotatable bonds is 6. The Hall–Kier alpha value is -3.17. The van der Waals surface area contributed by atoms with Crippen molar-refractivity contribution in [2.24, 2.45) is 0 Å². The van der Waals surface area contributed by atoms with E-state index in [0.29, 0.717) is 18.7 Å². The first-order chi connectivity index (χ1) is 14.5. The number of phenols is 1. The second-order valence-corrected chi connectivity index (χ2v) is 9.02. The quantitative estimate of drug-likeness (QED) is 0.590. The van der Waals surface area contributed by atoms with Crippen LogP contribution in [0.5, 0.6) is 5.75 Å². The lowest BCUT2D eigenvalue weighted by molar-refractivity contribution is -0.118. The van der Waals surface area contributed by atoms with Gasteiger partial charge >= 0.3 is 0 Å². The average molecular weight is 426 g/mol. The molecule has 30 heavy (non-hydrogen) atoms. The summed E-state index contributed by atoms with van der Waals surface area (Å²) >= 11 is 0. The van der Waals surface area contributed by atoms with E-state index in [0.717, 1.165) is 12.8 Å². The van der Waals surface area contributed by atoms with Crippen LogP contribution in [0.25, 0.3) is 0 Å². The normalized spacial score (nSPS) is 15.7. The summed E-state index contributed by atoms with van der Waals surface area (Å²) in [4.78, 5) is 13.2. The standard InChI is InChI=1S/C21H22N4O4S/c26-19-10-9-17(30(28,29)24-12-4-5-13-24)15-18(19)23-21(27)20(25-14-6-11-22-25)16-7-2-1-3-8-16/h1-3,6-11,14-15,20,26H,4-5,12-13H2,(H,23,27). The highest BCUT2D eigenvalue weighted by Gasteiger charge is 2.29. The van der Waals surface area contributed by atoms with Crippen molar-refractivity contribution in [1.29, 1.82) is 0 Å². The molecule has 1 atom stereocenters. The van der Waals surface area contributed by atoms with Crippen molar-refractivity contribution in [3.63, 3.8) is 0 Å². The molecule has 1 unspecified atom stereocenters. The van der Waals surface area contributed by atoms with Gasteiger partial charge in [0, 0.05) is 25.5 Å². The first-order valence-corrected chi connectivity index (χ1v) is 11.1. The summed E-state index contributed by atoms with van der Waals surface area (Å²) in [6, 6.07) is 14.0. The average Bonchev–Trinajstić information content (AvgIpc) is 3.45. The SMILES string of the molecule is O=C(Nc1cc(S(=O)(=O)N2CCCC2)ccc1O)C(c1ccccc1)n1cccn1. The summed E-state index contributed by atoms with van der Waals surface area (Å²) in [7, 11) is -3.68. The predicted octanol–water partition coefficient (Wildman–Crippen LogP) is 2.60. The van der Waals surface area contributed by atoms with Crippen molar-refractivity contribution < 1.29 is 18.3 Å². The molecule has 0 bridgehead atoms. The lowest BCUT2D eigenvalue weighted by Crippen LogP contribution is -2.29. The third-order valence-corrected chi connectivity index (χ3v) is 6.98. The Morgan fingerprint density at radius 3 is 2.47 bits per heavy atom. The number of carbonyl (C=O) groups excluding carboxylic acids is 1. The van der Waals surface area contributed by atoms with Gasteiger partial charge in [0.05, 0.1) is 10.6 Å². The fourth-order valence-electron chi connectivity index (χ4n) is 3.55. The third-order valence-electron chi connectivity index (χ3n) is 5.08. The molecule has 1 amide bonds. The number of hydrogen-bond acceptors (Lipinski definition) is 5. The van der Waals surface area contributed by atoms with E-state index in [1.54, 1.807) is 30.6 Å². The number of anilines is 1. The predicted molar refractivity (Wildman–Crippen MR) is 112 cm³/mol. The fourth-order valence-corrected chi connectivity index (χ4v) is 5.09. The summed E-state index contributed by atoms with van der Waals surface area (Å²) in [6.07, 6.45) is 4.89. The van der Waals surface area contributed by atoms with E-state index in [2.05, 4.69) is 10.4 Å². The highest BCUT2D eigenvalue weighted by Crippen LogP contribution is 2.30. The van der Waals surface area contributed by atoms with Crippen molar-refractivity contribution in [2.45, 2.75) is 23.8 Å². The van der Waals surface area contributed by atoms with Crippen molar-refractivity contribution >= 4 is 21.6 Å². The molecule has 156 valence electrons. The lowest BCUT2D eigenvalue weighted by Gasteiger charge is -2.19. The van der Waals surface area contributed by atoms with Gasteiger partial charge in [-0.05, 0) is 42.7 Å². The van der Waals surface area contributed by atoms with Crippen LogP contribution in [0.1, 0.15) is 24.4 Å². The van der Waals surface area contributed by atoms with E-state index in [9.17, 15) is 18.3 Å². The van der Waals surface area contributed by atoms with Crippen molar-refractivity contribution in [1.82, 2.24) is 14.1 Å². The zero-order chi connectivity index (χ0) is 21.1. The maximum absolute atomic E-state index is 13.1. The molecule has 2 heterocycles. The summed E-state index contributed by atoms with van der Waals surface area (Å²) in [5, 5.41) is 17.1. The van der Waals surface area contributed by atoms with Crippen LogP contribution in [0, 0.1) is 0 Å². The molecule has 9 heteroatoms. The molecular formula is C21H22N4O4S. The van der Waals surface area contributed by atoms with Crippen LogP contribution >= 0.6 is 0 Å². The molecular weight excluding hydrogens is 404 g/mol. The molecule has 0 radical (unpaired) electrons. The number of amides is 1. The van der Waals surface area contributed by atoms with Crippen LogP contribution in [0.15, 0.2) is 71.9 Å². The molecule has 8 nitrogen and oxygen atoms in total. The maximum atomic E-state index is 13.1. The fraction of sp³-hybridized carbons (Fsp3) is 0.238.